The maximum absolute atomic E-state index is 11.2. The summed E-state index contributed by atoms with van der Waals surface area (Å²) in [6.07, 6.45) is 4.16. The number of carbonyl (C=O) groups excluding carboxylic acids is 1. The zero-order valence-electron chi connectivity index (χ0n) is 11.1. The number of aryl methyl sites for hydroxylation is 1. The van der Waals surface area contributed by atoms with Gasteiger partial charge in [-0.05, 0) is 25.3 Å². The van der Waals surface area contributed by atoms with E-state index in [0.29, 0.717) is 18.6 Å². The van der Waals surface area contributed by atoms with Crippen molar-refractivity contribution in [3.05, 3.63) is 27.9 Å². The van der Waals surface area contributed by atoms with Crippen LogP contribution in [0, 0.1) is 17.0 Å². The summed E-state index contributed by atoms with van der Waals surface area (Å²) in [4.78, 5) is 27.7. The van der Waals surface area contributed by atoms with Crippen molar-refractivity contribution in [1.29, 1.82) is 0 Å². The first-order chi connectivity index (χ1) is 8.99. The summed E-state index contributed by atoms with van der Waals surface area (Å²) in [5, 5.41) is 10.7. The second-order valence-electron chi connectivity index (χ2n) is 4.97. The highest BCUT2D eigenvalue weighted by atomic mass is 16.6. The molecule has 19 heavy (non-hydrogen) atoms. The Bertz CT molecular complexity index is 506. The first-order valence-corrected chi connectivity index (χ1v) is 6.34. The van der Waals surface area contributed by atoms with Crippen molar-refractivity contribution in [3.8, 4) is 0 Å². The lowest BCUT2D eigenvalue weighted by Gasteiger charge is -2.32. The minimum Gasteiger partial charge on any atom is -0.356 e. The average Bonchev–Trinajstić information content (AvgIpc) is 2.38. The standard InChI is InChI=1S/C13H17N3O3/c1-9-7-11(16(18)19)8-14-13(9)15(2)10-3-5-12(17)6-4-10/h7-8,10H,3-6H2,1-2H3. The summed E-state index contributed by atoms with van der Waals surface area (Å²) >= 11 is 0. The van der Waals surface area contributed by atoms with E-state index in [9.17, 15) is 14.9 Å². The number of pyridine rings is 1. The molecular formula is C13H17N3O3. The Balaban J connectivity index is 2.17. The summed E-state index contributed by atoms with van der Waals surface area (Å²) < 4.78 is 0. The number of Topliss-reactive ketones (excluding diaryl/α,β-unsaturated/α-hetero) is 1. The minimum atomic E-state index is -0.441. The van der Waals surface area contributed by atoms with E-state index in [4.69, 9.17) is 0 Å². The molecule has 0 unspecified atom stereocenters. The number of rotatable bonds is 3. The van der Waals surface area contributed by atoms with E-state index in [1.165, 1.54) is 12.3 Å². The van der Waals surface area contributed by atoms with Crippen molar-refractivity contribution in [2.24, 2.45) is 0 Å². The third-order valence-corrected chi connectivity index (χ3v) is 3.64. The smallest absolute Gasteiger partial charge is 0.287 e. The maximum Gasteiger partial charge on any atom is 0.287 e. The second-order valence-corrected chi connectivity index (χ2v) is 4.97. The van der Waals surface area contributed by atoms with Crippen LogP contribution < -0.4 is 4.90 Å². The summed E-state index contributed by atoms with van der Waals surface area (Å²) in [5.41, 5.74) is 0.794. The number of carbonyl (C=O) groups is 1. The van der Waals surface area contributed by atoms with Gasteiger partial charge in [-0.1, -0.05) is 0 Å². The Kier molecular flexibility index (Phi) is 3.78. The van der Waals surface area contributed by atoms with Crippen molar-refractivity contribution >= 4 is 17.3 Å². The van der Waals surface area contributed by atoms with Gasteiger partial charge in [0.2, 0.25) is 0 Å². The van der Waals surface area contributed by atoms with Gasteiger partial charge in [-0.25, -0.2) is 4.98 Å². The molecule has 1 heterocycles. The molecule has 1 aliphatic carbocycles. The fraction of sp³-hybridized carbons (Fsp3) is 0.538. The van der Waals surface area contributed by atoms with Gasteiger partial charge in [0.1, 0.15) is 17.8 Å². The Morgan fingerprint density at radius 2 is 2.05 bits per heavy atom. The van der Waals surface area contributed by atoms with Gasteiger partial charge in [0, 0.05) is 32.0 Å². The number of nitrogens with zero attached hydrogens (tertiary/aromatic N) is 3. The fourth-order valence-electron chi connectivity index (χ4n) is 2.51. The normalized spacial score (nSPS) is 16.4. The zero-order chi connectivity index (χ0) is 14.0. The molecule has 0 atom stereocenters. The van der Waals surface area contributed by atoms with E-state index in [1.807, 2.05) is 18.9 Å². The number of ketones is 1. The van der Waals surface area contributed by atoms with E-state index in [1.54, 1.807) is 0 Å². The summed E-state index contributed by atoms with van der Waals surface area (Å²) in [6, 6.07) is 1.82. The highest BCUT2D eigenvalue weighted by Crippen LogP contribution is 2.27. The van der Waals surface area contributed by atoms with Gasteiger partial charge in [-0.3, -0.25) is 14.9 Å². The van der Waals surface area contributed by atoms with Crippen molar-refractivity contribution in [1.82, 2.24) is 4.98 Å². The molecular weight excluding hydrogens is 246 g/mol. The summed E-state index contributed by atoms with van der Waals surface area (Å²) in [6.45, 7) is 1.82. The van der Waals surface area contributed by atoms with Crippen LogP contribution in [0.25, 0.3) is 0 Å². The predicted octanol–water partition coefficient (Wildman–Crippen LogP) is 2.25. The van der Waals surface area contributed by atoms with Crippen LogP contribution in [0.1, 0.15) is 31.2 Å². The average molecular weight is 263 g/mol. The Morgan fingerprint density at radius 3 is 2.58 bits per heavy atom. The molecule has 0 radical (unpaired) electrons. The highest BCUT2D eigenvalue weighted by molar-refractivity contribution is 5.79. The van der Waals surface area contributed by atoms with E-state index < -0.39 is 4.92 Å². The van der Waals surface area contributed by atoms with Crippen LogP contribution in [0.2, 0.25) is 0 Å². The van der Waals surface area contributed by atoms with Gasteiger partial charge in [-0.2, -0.15) is 0 Å². The van der Waals surface area contributed by atoms with Gasteiger partial charge >= 0.3 is 0 Å². The molecule has 0 aliphatic heterocycles. The summed E-state index contributed by atoms with van der Waals surface area (Å²) in [5.74, 6) is 1.07. The SMILES string of the molecule is Cc1cc([N+](=O)[O-])cnc1N(C)C1CCC(=O)CC1. The van der Waals surface area contributed by atoms with E-state index in [0.717, 1.165) is 24.2 Å². The molecule has 2 rings (SSSR count). The highest BCUT2D eigenvalue weighted by Gasteiger charge is 2.24. The van der Waals surface area contributed by atoms with Gasteiger partial charge in [0.25, 0.3) is 5.69 Å². The maximum atomic E-state index is 11.2. The number of anilines is 1. The molecule has 1 aromatic heterocycles. The Morgan fingerprint density at radius 1 is 1.42 bits per heavy atom. The molecule has 0 spiro atoms. The van der Waals surface area contributed by atoms with Crippen LogP contribution in [0.3, 0.4) is 0 Å². The molecule has 1 fully saturated rings. The van der Waals surface area contributed by atoms with E-state index in [-0.39, 0.29) is 11.7 Å². The van der Waals surface area contributed by atoms with Crippen LogP contribution >= 0.6 is 0 Å². The molecule has 0 N–H and O–H groups in total. The van der Waals surface area contributed by atoms with E-state index in [2.05, 4.69) is 4.98 Å². The largest absolute Gasteiger partial charge is 0.356 e. The van der Waals surface area contributed by atoms with Gasteiger partial charge in [-0.15, -0.1) is 0 Å². The molecule has 6 heteroatoms. The van der Waals surface area contributed by atoms with Crippen LogP contribution in [0.5, 0.6) is 0 Å². The quantitative estimate of drug-likeness (QED) is 0.617. The Hall–Kier alpha value is -1.98. The van der Waals surface area contributed by atoms with Crippen LogP contribution in [-0.2, 0) is 4.79 Å². The number of hydrogen-bond acceptors (Lipinski definition) is 5. The predicted molar refractivity (Wildman–Crippen MR) is 71.3 cm³/mol. The van der Waals surface area contributed by atoms with Gasteiger partial charge < -0.3 is 4.90 Å². The molecule has 1 aromatic rings. The summed E-state index contributed by atoms with van der Waals surface area (Å²) in [7, 11) is 1.93. The van der Waals surface area contributed by atoms with Gasteiger partial charge in [0.05, 0.1) is 4.92 Å². The monoisotopic (exact) mass is 263 g/mol. The lowest BCUT2D eigenvalue weighted by molar-refractivity contribution is -0.385. The third-order valence-electron chi connectivity index (χ3n) is 3.64. The minimum absolute atomic E-state index is 0.00784. The van der Waals surface area contributed by atoms with Crippen molar-refractivity contribution in [2.45, 2.75) is 38.6 Å². The van der Waals surface area contributed by atoms with Crippen LogP contribution in [-0.4, -0.2) is 28.8 Å². The number of nitro groups is 1. The third kappa shape index (κ3) is 2.89. The lowest BCUT2D eigenvalue weighted by Crippen LogP contribution is -2.36. The fourth-order valence-corrected chi connectivity index (χ4v) is 2.51. The van der Waals surface area contributed by atoms with Crippen LogP contribution in [0.4, 0.5) is 11.5 Å². The molecule has 6 nitrogen and oxygen atoms in total. The first-order valence-electron chi connectivity index (χ1n) is 6.34. The zero-order valence-corrected chi connectivity index (χ0v) is 11.1. The molecule has 0 bridgehead atoms. The molecule has 0 amide bonds. The number of hydrogen-bond donors (Lipinski definition) is 0. The molecule has 1 saturated carbocycles. The molecule has 0 saturated heterocycles. The van der Waals surface area contributed by atoms with Gasteiger partial charge in [0.15, 0.2) is 0 Å². The van der Waals surface area contributed by atoms with Crippen molar-refractivity contribution in [2.75, 3.05) is 11.9 Å². The number of aromatic nitrogens is 1. The topological polar surface area (TPSA) is 76.3 Å². The molecule has 102 valence electrons. The second kappa shape index (κ2) is 5.34. The lowest BCUT2D eigenvalue weighted by atomic mass is 9.93. The molecule has 0 aromatic carbocycles. The first kappa shape index (κ1) is 13.5. The van der Waals surface area contributed by atoms with Crippen LogP contribution in [0.15, 0.2) is 12.3 Å². The van der Waals surface area contributed by atoms with Crippen molar-refractivity contribution < 1.29 is 9.72 Å². The van der Waals surface area contributed by atoms with E-state index >= 15 is 0 Å². The molecule has 1 aliphatic rings. The Labute approximate surface area is 111 Å². The van der Waals surface area contributed by atoms with Crippen molar-refractivity contribution in [3.63, 3.8) is 0 Å².